The minimum Gasteiger partial charge on any atom is -0.478 e. The molecule has 6 heteroatoms. The zero-order chi connectivity index (χ0) is 13.1. The second-order valence-electron chi connectivity index (χ2n) is 3.45. The molecule has 0 atom stereocenters. The third-order valence-corrected chi connectivity index (χ3v) is 2.77. The zero-order valence-corrected chi connectivity index (χ0v) is 10.5. The van der Waals surface area contributed by atoms with Gasteiger partial charge in [-0.15, -0.1) is 0 Å². The van der Waals surface area contributed by atoms with Crippen molar-refractivity contribution in [2.45, 2.75) is 0 Å². The molecule has 0 fully saturated rings. The third kappa shape index (κ3) is 2.72. The Morgan fingerprint density at radius 2 is 2.06 bits per heavy atom. The Morgan fingerprint density at radius 1 is 1.28 bits per heavy atom. The van der Waals surface area contributed by atoms with Crippen molar-refractivity contribution in [1.82, 2.24) is 4.98 Å². The van der Waals surface area contributed by atoms with Crippen LogP contribution in [0.1, 0.15) is 10.4 Å². The van der Waals surface area contributed by atoms with Crippen molar-refractivity contribution in [2.24, 2.45) is 0 Å². The molecule has 0 aliphatic carbocycles. The summed E-state index contributed by atoms with van der Waals surface area (Å²) in [5, 5.41) is 12.8. The van der Waals surface area contributed by atoms with Gasteiger partial charge in [0.25, 0.3) is 0 Å². The second kappa shape index (κ2) is 5.25. The molecule has 0 spiro atoms. The van der Waals surface area contributed by atoms with E-state index in [2.05, 4.69) is 10.3 Å². The summed E-state index contributed by atoms with van der Waals surface area (Å²) in [6.45, 7) is 0. The highest BCUT2D eigenvalue weighted by Gasteiger charge is 2.11. The summed E-state index contributed by atoms with van der Waals surface area (Å²) in [7, 11) is 0. The molecule has 18 heavy (non-hydrogen) atoms. The van der Waals surface area contributed by atoms with Crippen LogP contribution in [0.4, 0.5) is 11.5 Å². The van der Waals surface area contributed by atoms with E-state index in [1.165, 1.54) is 12.3 Å². The molecule has 0 aliphatic rings. The largest absolute Gasteiger partial charge is 0.478 e. The highest BCUT2D eigenvalue weighted by atomic mass is 35.5. The van der Waals surface area contributed by atoms with Crippen molar-refractivity contribution < 1.29 is 9.90 Å². The van der Waals surface area contributed by atoms with Crippen LogP contribution in [0.15, 0.2) is 36.5 Å². The van der Waals surface area contributed by atoms with Gasteiger partial charge in [-0.1, -0.05) is 23.2 Å². The lowest BCUT2D eigenvalue weighted by atomic mass is 10.2. The van der Waals surface area contributed by atoms with Gasteiger partial charge in [-0.3, -0.25) is 0 Å². The number of halogens is 2. The van der Waals surface area contributed by atoms with Crippen LogP contribution in [0.3, 0.4) is 0 Å². The average Bonchev–Trinajstić information content (AvgIpc) is 2.33. The van der Waals surface area contributed by atoms with Crippen molar-refractivity contribution in [3.63, 3.8) is 0 Å². The predicted molar refractivity (Wildman–Crippen MR) is 70.9 cm³/mol. The van der Waals surface area contributed by atoms with E-state index in [0.717, 1.165) is 0 Å². The normalized spacial score (nSPS) is 10.1. The molecular weight excluding hydrogens is 275 g/mol. The first-order valence-electron chi connectivity index (χ1n) is 4.98. The number of anilines is 2. The molecule has 2 N–H and O–H groups in total. The number of pyridine rings is 1. The maximum atomic E-state index is 11.0. The highest BCUT2D eigenvalue weighted by molar-refractivity contribution is 6.36. The Kier molecular flexibility index (Phi) is 3.69. The Balaban J connectivity index is 2.37. The van der Waals surface area contributed by atoms with Crippen molar-refractivity contribution in [3.05, 3.63) is 52.1 Å². The Labute approximate surface area is 113 Å². The summed E-state index contributed by atoms with van der Waals surface area (Å²) in [5.41, 5.74) is 0.616. The molecule has 0 aliphatic heterocycles. The fourth-order valence-corrected chi connectivity index (χ4v) is 1.85. The maximum Gasteiger partial charge on any atom is 0.339 e. The summed E-state index contributed by atoms with van der Waals surface area (Å²) in [6, 6.07) is 7.89. The topological polar surface area (TPSA) is 62.2 Å². The highest BCUT2D eigenvalue weighted by Crippen LogP contribution is 2.28. The van der Waals surface area contributed by atoms with Gasteiger partial charge >= 0.3 is 5.97 Å². The monoisotopic (exact) mass is 282 g/mol. The van der Waals surface area contributed by atoms with Gasteiger partial charge in [-0.25, -0.2) is 9.78 Å². The van der Waals surface area contributed by atoms with Crippen molar-refractivity contribution in [2.75, 3.05) is 5.32 Å². The predicted octanol–water partition coefficient (Wildman–Crippen LogP) is 3.83. The number of carboxylic acid groups (broad SMARTS) is 1. The van der Waals surface area contributed by atoms with Crippen LogP contribution in [-0.2, 0) is 0 Å². The van der Waals surface area contributed by atoms with Crippen LogP contribution in [0, 0.1) is 0 Å². The number of carboxylic acids is 1. The third-order valence-electron chi connectivity index (χ3n) is 2.22. The standard InChI is InChI=1S/C12H8Cl2N2O2/c13-7-3-4-10(9(14)6-7)16-11-8(12(17)18)2-1-5-15-11/h1-6H,(H,15,16)(H,17,18). The Hall–Kier alpha value is -1.78. The molecule has 2 aromatic rings. The van der Waals surface area contributed by atoms with Crippen LogP contribution >= 0.6 is 23.2 Å². The van der Waals surface area contributed by atoms with E-state index in [4.69, 9.17) is 28.3 Å². The summed E-state index contributed by atoms with van der Waals surface area (Å²) >= 11 is 11.8. The minimum absolute atomic E-state index is 0.0727. The summed E-state index contributed by atoms with van der Waals surface area (Å²) < 4.78 is 0. The Morgan fingerprint density at radius 3 is 2.72 bits per heavy atom. The van der Waals surface area contributed by atoms with Gasteiger partial charge in [0.1, 0.15) is 11.4 Å². The van der Waals surface area contributed by atoms with E-state index in [-0.39, 0.29) is 11.4 Å². The number of hydrogen-bond acceptors (Lipinski definition) is 3. The van der Waals surface area contributed by atoms with Crippen molar-refractivity contribution in [1.29, 1.82) is 0 Å². The molecule has 1 heterocycles. The van der Waals surface area contributed by atoms with Gasteiger partial charge in [-0.05, 0) is 30.3 Å². The van der Waals surface area contributed by atoms with Crippen LogP contribution < -0.4 is 5.32 Å². The van der Waals surface area contributed by atoms with Gasteiger partial charge < -0.3 is 10.4 Å². The number of aromatic carboxylic acids is 1. The van der Waals surface area contributed by atoms with Crippen LogP contribution in [0.25, 0.3) is 0 Å². The minimum atomic E-state index is -1.06. The van der Waals surface area contributed by atoms with E-state index in [0.29, 0.717) is 15.7 Å². The van der Waals surface area contributed by atoms with E-state index in [1.54, 1.807) is 24.3 Å². The van der Waals surface area contributed by atoms with Crippen molar-refractivity contribution in [3.8, 4) is 0 Å². The summed E-state index contributed by atoms with van der Waals surface area (Å²) in [5.74, 6) is -0.829. The number of rotatable bonds is 3. The second-order valence-corrected chi connectivity index (χ2v) is 4.30. The number of aromatic nitrogens is 1. The van der Waals surface area contributed by atoms with Crippen LogP contribution in [0.2, 0.25) is 10.0 Å². The molecule has 0 amide bonds. The van der Waals surface area contributed by atoms with E-state index >= 15 is 0 Å². The first-order chi connectivity index (χ1) is 8.58. The van der Waals surface area contributed by atoms with E-state index < -0.39 is 5.97 Å². The molecule has 2 rings (SSSR count). The number of benzene rings is 1. The lowest BCUT2D eigenvalue weighted by Crippen LogP contribution is -2.04. The maximum absolute atomic E-state index is 11.0. The molecule has 0 saturated heterocycles. The summed E-state index contributed by atoms with van der Waals surface area (Å²) in [6.07, 6.45) is 1.50. The molecule has 92 valence electrons. The fourth-order valence-electron chi connectivity index (χ4n) is 1.40. The molecule has 0 unspecified atom stereocenters. The van der Waals surface area contributed by atoms with Crippen molar-refractivity contribution >= 4 is 40.7 Å². The molecule has 4 nitrogen and oxygen atoms in total. The average molecular weight is 283 g/mol. The number of carbonyl (C=O) groups is 1. The molecule has 1 aromatic heterocycles. The van der Waals surface area contributed by atoms with E-state index in [1.807, 2.05) is 0 Å². The SMILES string of the molecule is O=C(O)c1cccnc1Nc1ccc(Cl)cc1Cl. The molecule has 0 saturated carbocycles. The lowest BCUT2D eigenvalue weighted by molar-refractivity contribution is 0.0697. The van der Waals surface area contributed by atoms with Crippen LogP contribution in [0.5, 0.6) is 0 Å². The van der Waals surface area contributed by atoms with Gasteiger partial charge in [0.15, 0.2) is 0 Å². The zero-order valence-electron chi connectivity index (χ0n) is 9.02. The lowest BCUT2D eigenvalue weighted by Gasteiger charge is -2.09. The molecule has 0 radical (unpaired) electrons. The first kappa shape index (κ1) is 12.7. The fraction of sp³-hybridized carbons (Fsp3) is 0. The van der Waals surface area contributed by atoms with E-state index in [9.17, 15) is 4.79 Å². The number of nitrogens with one attached hydrogen (secondary N) is 1. The smallest absolute Gasteiger partial charge is 0.339 e. The van der Waals surface area contributed by atoms with Crippen LogP contribution in [-0.4, -0.2) is 16.1 Å². The van der Waals surface area contributed by atoms with Gasteiger partial charge in [0.2, 0.25) is 0 Å². The first-order valence-corrected chi connectivity index (χ1v) is 5.74. The quantitative estimate of drug-likeness (QED) is 0.898. The summed E-state index contributed by atoms with van der Waals surface area (Å²) in [4.78, 5) is 15.0. The van der Waals surface area contributed by atoms with Gasteiger partial charge in [0.05, 0.1) is 10.7 Å². The molecular formula is C12H8Cl2N2O2. The molecule has 0 bridgehead atoms. The van der Waals surface area contributed by atoms with Gasteiger partial charge in [-0.2, -0.15) is 0 Å². The number of nitrogens with zero attached hydrogens (tertiary/aromatic N) is 1. The molecule has 1 aromatic carbocycles. The Bertz CT molecular complexity index is 602. The number of hydrogen-bond donors (Lipinski definition) is 2. The van der Waals surface area contributed by atoms with Gasteiger partial charge in [0, 0.05) is 11.2 Å².